The first-order valence-corrected chi connectivity index (χ1v) is 7.20. The van der Waals surface area contributed by atoms with Crippen LogP contribution in [0.15, 0.2) is 67.0 Å². The van der Waals surface area contributed by atoms with E-state index in [1.54, 1.807) is 10.7 Å². The summed E-state index contributed by atoms with van der Waals surface area (Å²) in [4.78, 5) is 7.77. The molecule has 0 aliphatic heterocycles. The first-order chi connectivity index (χ1) is 10.9. The number of nitrogens with zero attached hydrogens (tertiary/aromatic N) is 3. The number of aromatic amines is 1. The molecule has 5 rings (SSSR count). The smallest absolute Gasteiger partial charge is 0.155 e. The number of fused-ring (bicyclic) bond motifs is 4. The summed E-state index contributed by atoms with van der Waals surface area (Å²) in [5.74, 6) is 0. The minimum Gasteiger partial charge on any atom is -0.355 e. The maximum atomic E-state index is 4.60. The number of aromatic nitrogens is 4. The lowest BCUT2D eigenvalue weighted by Crippen LogP contribution is -1.87. The largest absolute Gasteiger partial charge is 0.355 e. The summed E-state index contributed by atoms with van der Waals surface area (Å²) < 4.78 is 1.80. The van der Waals surface area contributed by atoms with Crippen molar-refractivity contribution in [2.24, 2.45) is 0 Å². The van der Waals surface area contributed by atoms with Crippen molar-refractivity contribution >= 4 is 27.5 Å². The lowest BCUT2D eigenvalue weighted by atomic mass is 10.1. The Morgan fingerprint density at radius 3 is 2.73 bits per heavy atom. The maximum Gasteiger partial charge on any atom is 0.155 e. The van der Waals surface area contributed by atoms with Gasteiger partial charge in [-0.1, -0.05) is 24.3 Å². The molecule has 4 heteroatoms. The maximum absolute atomic E-state index is 4.60. The molecule has 0 aliphatic carbocycles. The molecule has 0 fully saturated rings. The van der Waals surface area contributed by atoms with E-state index in [1.807, 2.05) is 24.4 Å². The predicted molar refractivity (Wildman–Crippen MR) is 87.8 cm³/mol. The number of benzene rings is 2. The van der Waals surface area contributed by atoms with Crippen LogP contribution in [0, 0.1) is 0 Å². The summed E-state index contributed by atoms with van der Waals surface area (Å²) in [6, 6.07) is 18.6. The molecule has 0 saturated carbocycles. The molecule has 104 valence electrons. The van der Waals surface area contributed by atoms with Gasteiger partial charge in [0.05, 0.1) is 5.69 Å². The number of H-pyrrole nitrogens is 1. The van der Waals surface area contributed by atoms with Crippen LogP contribution >= 0.6 is 0 Å². The third kappa shape index (κ3) is 1.58. The van der Waals surface area contributed by atoms with Gasteiger partial charge in [-0.3, -0.25) is 0 Å². The molecular formula is C18H12N4. The lowest BCUT2D eigenvalue weighted by Gasteiger charge is -1.97. The number of para-hydroxylation sites is 1. The Labute approximate surface area is 126 Å². The fourth-order valence-electron chi connectivity index (χ4n) is 2.98. The molecule has 0 saturated heterocycles. The second-order valence-corrected chi connectivity index (χ2v) is 5.38. The molecule has 2 aromatic carbocycles. The normalized spacial score (nSPS) is 11.6. The summed E-state index contributed by atoms with van der Waals surface area (Å²) in [6.45, 7) is 0. The van der Waals surface area contributed by atoms with Gasteiger partial charge in [-0.2, -0.15) is 5.10 Å². The highest BCUT2D eigenvalue weighted by Crippen LogP contribution is 2.29. The monoisotopic (exact) mass is 284 g/mol. The zero-order chi connectivity index (χ0) is 14.5. The molecule has 0 spiro atoms. The van der Waals surface area contributed by atoms with Crippen LogP contribution in [0.2, 0.25) is 0 Å². The van der Waals surface area contributed by atoms with Crippen molar-refractivity contribution in [3.05, 3.63) is 67.0 Å². The molecule has 0 aliphatic rings. The quantitative estimate of drug-likeness (QED) is 0.505. The molecular weight excluding hydrogens is 272 g/mol. The summed E-state index contributed by atoms with van der Waals surface area (Å²) in [7, 11) is 0. The van der Waals surface area contributed by atoms with E-state index in [2.05, 4.69) is 51.5 Å². The highest BCUT2D eigenvalue weighted by molar-refractivity contribution is 6.08. The minimum absolute atomic E-state index is 0.858. The Kier molecular flexibility index (Phi) is 2.19. The zero-order valence-electron chi connectivity index (χ0n) is 11.7. The van der Waals surface area contributed by atoms with E-state index in [9.17, 15) is 0 Å². The molecule has 5 aromatic rings. The van der Waals surface area contributed by atoms with Crippen molar-refractivity contribution in [2.45, 2.75) is 0 Å². The Hall–Kier alpha value is -3.14. The Balaban J connectivity index is 1.78. The Bertz CT molecular complexity index is 1100. The average molecular weight is 284 g/mol. The van der Waals surface area contributed by atoms with E-state index in [-0.39, 0.29) is 0 Å². The highest BCUT2D eigenvalue weighted by atomic mass is 15.2. The van der Waals surface area contributed by atoms with Crippen LogP contribution in [-0.2, 0) is 0 Å². The molecule has 1 N–H and O–H groups in total. The number of hydrogen-bond acceptors (Lipinski definition) is 2. The third-order valence-corrected chi connectivity index (χ3v) is 4.04. The molecule has 0 unspecified atom stereocenters. The van der Waals surface area contributed by atoms with E-state index in [1.165, 1.54) is 10.8 Å². The number of hydrogen-bond donors (Lipinski definition) is 1. The van der Waals surface area contributed by atoms with E-state index >= 15 is 0 Å². The SMILES string of the molecule is c1ccc2c(c1)[nH]c1ccc(-c3cc4ncccn4n3)cc12. The zero-order valence-corrected chi connectivity index (χ0v) is 11.7. The third-order valence-electron chi connectivity index (χ3n) is 4.04. The van der Waals surface area contributed by atoms with Gasteiger partial charge in [0, 0.05) is 45.8 Å². The Morgan fingerprint density at radius 2 is 1.77 bits per heavy atom. The van der Waals surface area contributed by atoms with Crippen LogP contribution in [0.4, 0.5) is 0 Å². The topological polar surface area (TPSA) is 46.0 Å². The molecule has 3 aromatic heterocycles. The van der Waals surface area contributed by atoms with Crippen LogP contribution < -0.4 is 0 Å². The van der Waals surface area contributed by atoms with Gasteiger partial charge in [-0.15, -0.1) is 0 Å². The van der Waals surface area contributed by atoms with E-state index in [4.69, 9.17) is 0 Å². The second kappa shape index (κ2) is 4.18. The van der Waals surface area contributed by atoms with Gasteiger partial charge >= 0.3 is 0 Å². The molecule has 22 heavy (non-hydrogen) atoms. The van der Waals surface area contributed by atoms with E-state index in [0.29, 0.717) is 0 Å². The van der Waals surface area contributed by atoms with E-state index in [0.717, 1.165) is 27.9 Å². The fraction of sp³-hybridized carbons (Fsp3) is 0. The summed E-state index contributed by atoms with van der Waals surface area (Å²) in [6.07, 6.45) is 3.69. The standard InChI is InChI=1S/C18H12N4/c1-2-5-15-13(4-1)14-10-12(6-7-16(14)20-15)17-11-18-19-8-3-9-22(18)21-17/h1-11,20H. The first-order valence-electron chi connectivity index (χ1n) is 7.20. The number of nitrogens with one attached hydrogen (secondary N) is 1. The van der Waals surface area contributed by atoms with Crippen LogP contribution in [0.25, 0.3) is 38.7 Å². The van der Waals surface area contributed by atoms with Crippen molar-refractivity contribution in [2.75, 3.05) is 0 Å². The van der Waals surface area contributed by atoms with Crippen LogP contribution in [0.3, 0.4) is 0 Å². The van der Waals surface area contributed by atoms with Gasteiger partial charge in [-0.25, -0.2) is 9.50 Å². The van der Waals surface area contributed by atoms with Gasteiger partial charge in [0.1, 0.15) is 0 Å². The van der Waals surface area contributed by atoms with Crippen molar-refractivity contribution in [1.82, 2.24) is 19.6 Å². The van der Waals surface area contributed by atoms with Crippen molar-refractivity contribution in [1.29, 1.82) is 0 Å². The van der Waals surface area contributed by atoms with Gasteiger partial charge in [0.2, 0.25) is 0 Å². The second-order valence-electron chi connectivity index (χ2n) is 5.38. The molecule has 3 heterocycles. The van der Waals surface area contributed by atoms with E-state index < -0.39 is 0 Å². The molecule has 4 nitrogen and oxygen atoms in total. The number of rotatable bonds is 1. The van der Waals surface area contributed by atoms with Gasteiger partial charge in [0.15, 0.2) is 5.65 Å². The van der Waals surface area contributed by atoms with Gasteiger partial charge < -0.3 is 4.98 Å². The van der Waals surface area contributed by atoms with Crippen molar-refractivity contribution in [3.63, 3.8) is 0 Å². The molecule has 0 bridgehead atoms. The van der Waals surface area contributed by atoms with Crippen molar-refractivity contribution in [3.8, 4) is 11.3 Å². The highest BCUT2D eigenvalue weighted by Gasteiger charge is 2.08. The predicted octanol–water partition coefficient (Wildman–Crippen LogP) is 4.03. The first kappa shape index (κ1) is 11.5. The van der Waals surface area contributed by atoms with Gasteiger partial charge in [-0.05, 0) is 24.3 Å². The van der Waals surface area contributed by atoms with Crippen LogP contribution in [0.5, 0.6) is 0 Å². The Morgan fingerprint density at radius 1 is 0.864 bits per heavy atom. The van der Waals surface area contributed by atoms with Crippen LogP contribution in [-0.4, -0.2) is 19.6 Å². The minimum atomic E-state index is 0.858. The summed E-state index contributed by atoms with van der Waals surface area (Å²) in [5, 5.41) is 7.06. The molecule has 0 atom stereocenters. The van der Waals surface area contributed by atoms with Gasteiger partial charge in [0.25, 0.3) is 0 Å². The molecule has 0 amide bonds. The summed E-state index contributed by atoms with van der Waals surface area (Å²) >= 11 is 0. The van der Waals surface area contributed by atoms with Crippen LogP contribution in [0.1, 0.15) is 0 Å². The lowest BCUT2D eigenvalue weighted by molar-refractivity contribution is 0.943. The van der Waals surface area contributed by atoms with Crippen molar-refractivity contribution < 1.29 is 0 Å². The average Bonchev–Trinajstić information content (AvgIpc) is 3.15. The fourth-order valence-corrected chi connectivity index (χ4v) is 2.98. The summed E-state index contributed by atoms with van der Waals surface area (Å²) in [5.41, 5.74) is 5.20. The molecule has 0 radical (unpaired) electrons.